The molecule has 1 amide bonds. The fraction of sp³-hybridized carbons (Fsp3) is 0.471. The third-order valence-electron chi connectivity index (χ3n) is 4.64. The van der Waals surface area contributed by atoms with Gasteiger partial charge in [0.2, 0.25) is 0 Å². The van der Waals surface area contributed by atoms with Crippen LogP contribution in [-0.2, 0) is 10.8 Å². The second-order valence-electron chi connectivity index (χ2n) is 6.24. The molecule has 0 bridgehead atoms. The standard InChI is InChI=1S/C17H21N3O3S2/c1-2-25(23)14-6-4-3-5-12(14)18-15(21)10-7-8-11-13(9-10)19-17(24)20-16(11)22/h7-9,12,14H,2-6H2,1H3,(H,18,21)(H2,19,20,22,24)/t12-,14-,25-/m0/s1. The number of hydrogen-bond donors (Lipinski definition) is 3. The van der Waals surface area contributed by atoms with Crippen LogP contribution < -0.4 is 10.9 Å². The molecule has 0 radical (unpaired) electrons. The Labute approximate surface area is 152 Å². The van der Waals surface area contributed by atoms with Crippen molar-refractivity contribution < 1.29 is 9.00 Å². The van der Waals surface area contributed by atoms with Crippen molar-refractivity contribution in [3.05, 3.63) is 38.9 Å². The molecule has 1 aromatic heterocycles. The fourth-order valence-electron chi connectivity index (χ4n) is 3.35. The minimum atomic E-state index is -0.925. The van der Waals surface area contributed by atoms with Gasteiger partial charge in [-0.15, -0.1) is 0 Å². The van der Waals surface area contributed by atoms with Gasteiger partial charge in [0.25, 0.3) is 11.5 Å². The summed E-state index contributed by atoms with van der Waals surface area (Å²) in [5, 5.41) is 3.50. The molecule has 3 atom stereocenters. The Hall–Kier alpha value is -1.80. The Morgan fingerprint density at radius 2 is 2.08 bits per heavy atom. The van der Waals surface area contributed by atoms with Crippen molar-refractivity contribution in [1.82, 2.24) is 15.3 Å². The predicted octanol–water partition coefficient (Wildman–Crippen LogP) is 2.40. The van der Waals surface area contributed by atoms with Gasteiger partial charge < -0.3 is 10.3 Å². The van der Waals surface area contributed by atoms with E-state index in [1.165, 1.54) is 0 Å². The number of H-pyrrole nitrogens is 2. The highest BCUT2D eigenvalue weighted by Crippen LogP contribution is 2.23. The minimum absolute atomic E-state index is 0.0109. The monoisotopic (exact) mass is 379 g/mol. The fourth-order valence-corrected chi connectivity index (χ4v) is 4.98. The second kappa shape index (κ2) is 7.61. The topological polar surface area (TPSA) is 94.8 Å². The van der Waals surface area contributed by atoms with Crippen LogP contribution in [0.5, 0.6) is 0 Å². The summed E-state index contributed by atoms with van der Waals surface area (Å²) in [5.41, 5.74) is 0.700. The summed E-state index contributed by atoms with van der Waals surface area (Å²) in [6.45, 7) is 1.91. The first-order valence-corrected chi connectivity index (χ1v) is 10.2. The number of nitrogens with one attached hydrogen (secondary N) is 3. The lowest BCUT2D eigenvalue weighted by atomic mass is 9.94. The smallest absolute Gasteiger partial charge is 0.259 e. The highest BCUT2D eigenvalue weighted by atomic mass is 32.2. The maximum Gasteiger partial charge on any atom is 0.259 e. The van der Waals surface area contributed by atoms with Crippen molar-refractivity contribution in [2.24, 2.45) is 0 Å². The molecule has 1 fully saturated rings. The van der Waals surface area contributed by atoms with Crippen LogP contribution in [0.3, 0.4) is 0 Å². The molecule has 8 heteroatoms. The maximum atomic E-state index is 12.6. The van der Waals surface area contributed by atoms with E-state index in [1.807, 2.05) is 6.92 Å². The van der Waals surface area contributed by atoms with Gasteiger partial charge in [-0.3, -0.25) is 18.8 Å². The van der Waals surface area contributed by atoms with E-state index in [0.29, 0.717) is 22.2 Å². The largest absolute Gasteiger partial charge is 0.348 e. The van der Waals surface area contributed by atoms with Gasteiger partial charge >= 0.3 is 0 Å². The molecule has 6 nitrogen and oxygen atoms in total. The molecule has 3 rings (SSSR count). The molecule has 3 N–H and O–H groups in total. The zero-order valence-corrected chi connectivity index (χ0v) is 15.6. The minimum Gasteiger partial charge on any atom is -0.348 e. The van der Waals surface area contributed by atoms with Gasteiger partial charge in [-0.25, -0.2) is 0 Å². The summed E-state index contributed by atoms with van der Waals surface area (Å²) in [4.78, 5) is 29.9. The molecular weight excluding hydrogens is 358 g/mol. The molecule has 1 saturated carbocycles. The molecular formula is C17H21N3O3S2. The summed E-state index contributed by atoms with van der Waals surface area (Å²) in [5.74, 6) is 0.387. The van der Waals surface area contributed by atoms with Gasteiger partial charge in [0.15, 0.2) is 4.77 Å². The molecule has 0 saturated heterocycles. The predicted molar refractivity (Wildman–Crippen MR) is 102 cm³/mol. The lowest BCUT2D eigenvalue weighted by Gasteiger charge is -2.31. The number of hydrogen-bond acceptors (Lipinski definition) is 4. The van der Waals surface area contributed by atoms with Crippen LogP contribution in [0.1, 0.15) is 43.0 Å². The number of aromatic nitrogens is 2. The number of carbonyl (C=O) groups excluding carboxylic acids is 1. The van der Waals surface area contributed by atoms with E-state index < -0.39 is 10.8 Å². The van der Waals surface area contributed by atoms with Crippen LogP contribution in [0.2, 0.25) is 0 Å². The Morgan fingerprint density at radius 1 is 1.32 bits per heavy atom. The lowest BCUT2D eigenvalue weighted by molar-refractivity contribution is 0.0929. The van der Waals surface area contributed by atoms with Crippen molar-refractivity contribution in [3.8, 4) is 0 Å². The van der Waals surface area contributed by atoms with E-state index in [1.54, 1.807) is 18.2 Å². The highest BCUT2D eigenvalue weighted by molar-refractivity contribution is 7.85. The Balaban J connectivity index is 1.85. The van der Waals surface area contributed by atoms with E-state index in [9.17, 15) is 13.8 Å². The SMILES string of the molecule is CC[S@](=O)[C@H]1CCCC[C@@H]1NC(=O)c1ccc2c(=O)[nH]c(=S)[nH]c2c1. The number of amides is 1. The number of rotatable bonds is 4. The zero-order valence-electron chi connectivity index (χ0n) is 14.0. The summed E-state index contributed by atoms with van der Waals surface area (Å²) >= 11 is 4.98. The normalized spacial score (nSPS) is 21.8. The summed E-state index contributed by atoms with van der Waals surface area (Å²) in [6.07, 6.45) is 3.81. The average molecular weight is 380 g/mol. The molecule has 25 heavy (non-hydrogen) atoms. The maximum absolute atomic E-state index is 12.6. The number of carbonyl (C=O) groups is 1. The molecule has 0 unspecified atom stereocenters. The van der Waals surface area contributed by atoms with Gasteiger partial charge in [0, 0.05) is 28.2 Å². The highest BCUT2D eigenvalue weighted by Gasteiger charge is 2.30. The molecule has 1 aromatic carbocycles. The van der Waals surface area contributed by atoms with Crippen molar-refractivity contribution in [2.75, 3.05) is 5.75 Å². The average Bonchev–Trinajstić information content (AvgIpc) is 2.60. The van der Waals surface area contributed by atoms with Crippen LogP contribution in [-0.4, -0.2) is 37.1 Å². The van der Waals surface area contributed by atoms with Gasteiger partial charge in [0.05, 0.1) is 16.2 Å². The van der Waals surface area contributed by atoms with E-state index >= 15 is 0 Å². The number of fused-ring (bicyclic) bond motifs is 1. The van der Waals surface area contributed by atoms with Crippen molar-refractivity contribution in [2.45, 2.75) is 43.9 Å². The molecule has 0 spiro atoms. The zero-order chi connectivity index (χ0) is 18.0. The van der Waals surface area contributed by atoms with Crippen molar-refractivity contribution in [3.63, 3.8) is 0 Å². The lowest BCUT2D eigenvalue weighted by Crippen LogP contribution is -2.47. The molecule has 0 aliphatic heterocycles. The molecule has 1 heterocycles. The van der Waals surface area contributed by atoms with Crippen LogP contribution >= 0.6 is 12.2 Å². The Morgan fingerprint density at radius 3 is 2.84 bits per heavy atom. The Bertz CT molecular complexity index is 935. The first-order valence-electron chi connectivity index (χ1n) is 8.44. The van der Waals surface area contributed by atoms with E-state index in [0.717, 1.165) is 25.7 Å². The van der Waals surface area contributed by atoms with Crippen LogP contribution in [0.15, 0.2) is 23.0 Å². The Kier molecular flexibility index (Phi) is 5.48. The molecule has 2 aromatic rings. The van der Waals surface area contributed by atoms with Crippen molar-refractivity contribution in [1.29, 1.82) is 0 Å². The molecule has 134 valence electrons. The summed E-state index contributed by atoms with van der Waals surface area (Å²) in [7, 11) is -0.925. The van der Waals surface area contributed by atoms with Crippen LogP contribution in [0.25, 0.3) is 10.9 Å². The summed E-state index contributed by atoms with van der Waals surface area (Å²) in [6, 6.07) is 4.79. The first kappa shape index (κ1) is 18.0. The van der Waals surface area contributed by atoms with Gasteiger partial charge in [-0.2, -0.15) is 0 Å². The van der Waals surface area contributed by atoms with E-state index in [2.05, 4.69) is 15.3 Å². The van der Waals surface area contributed by atoms with E-state index in [4.69, 9.17) is 12.2 Å². The molecule has 1 aliphatic carbocycles. The quantitative estimate of drug-likeness (QED) is 0.711. The van der Waals surface area contributed by atoms with Crippen molar-refractivity contribution >= 4 is 39.8 Å². The third-order valence-corrected chi connectivity index (χ3v) is 6.66. The summed E-state index contributed by atoms with van der Waals surface area (Å²) < 4.78 is 12.5. The van der Waals surface area contributed by atoms with Crippen LogP contribution in [0.4, 0.5) is 0 Å². The van der Waals surface area contributed by atoms with Crippen LogP contribution in [0, 0.1) is 4.77 Å². The second-order valence-corrected chi connectivity index (χ2v) is 8.59. The number of aromatic amines is 2. The van der Waals surface area contributed by atoms with Gasteiger partial charge in [-0.1, -0.05) is 19.8 Å². The molecule has 1 aliphatic rings. The third kappa shape index (κ3) is 3.90. The van der Waals surface area contributed by atoms with Gasteiger partial charge in [-0.05, 0) is 43.3 Å². The first-order chi connectivity index (χ1) is 12.0. The van der Waals surface area contributed by atoms with Gasteiger partial charge in [0.1, 0.15) is 0 Å². The van der Waals surface area contributed by atoms with E-state index in [-0.39, 0.29) is 27.5 Å². The number of benzene rings is 1.